The molecule has 0 aromatic carbocycles. The molecule has 0 radical (unpaired) electrons. The molecule has 1 heterocycles. The van der Waals surface area contributed by atoms with Crippen molar-refractivity contribution in [3.8, 4) is 0 Å². The van der Waals surface area contributed by atoms with Crippen LogP contribution >= 0.6 is 0 Å². The molecular weight excluding hydrogens is 150 g/mol. The number of hydroxylamine groups is 2. The quantitative estimate of drug-likeness (QED) is 0.596. The summed E-state index contributed by atoms with van der Waals surface area (Å²) >= 11 is 0. The normalized spacial score (nSPS) is 24.3. The summed E-state index contributed by atoms with van der Waals surface area (Å²) in [7, 11) is 0. The summed E-state index contributed by atoms with van der Waals surface area (Å²) in [4.78, 5) is 25.9. The Morgan fingerprint density at radius 2 is 2.55 bits per heavy atom. The van der Waals surface area contributed by atoms with E-state index in [1.54, 1.807) is 6.92 Å². The molecule has 11 heavy (non-hydrogen) atoms. The molecule has 1 aliphatic rings. The Bertz CT molecular complexity index is 191. The summed E-state index contributed by atoms with van der Waals surface area (Å²) in [6, 6.07) is 0. The fourth-order valence-corrected chi connectivity index (χ4v) is 0.909. The molecule has 1 N–H and O–H groups in total. The van der Waals surface area contributed by atoms with Gasteiger partial charge >= 0.3 is 5.97 Å². The highest BCUT2D eigenvalue weighted by Crippen LogP contribution is 2.13. The van der Waals surface area contributed by atoms with Crippen molar-refractivity contribution in [2.24, 2.45) is 0 Å². The van der Waals surface area contributed by atoms with Gasteiger partial charge in [0.25, 0.3) is 0 Å². The number of carbonyl (C=O) groups excluding carboxylic acids is 1. The van der Waals surface area contributed by atoms with Crippen LogP contribution in [0, 0.1) is 0 Å². The predicted octanol–water partition coefficient (Wildman–Crippen LogP) is -0.377. The molecule has 0 aromatic heterocycles. The monoisotopic (exact) mass is 159 g/mol. The lowest BCUT2D eigenvalue weighted by Crippen LogP contribution is -2.29. The molecule has 1 rings (SSSR count). The van der Waals surface area contributed by atoms with E-state index in [0.29, 0.717) is 0 Å². The van der Waals surface area contributed by atoms with Gasteiger partial charge in [0, 0.05) is 0 Å². The molecule has 0 bridgehead atoms. The first kappa shape index (κ1) is 8.00. The topological polar surface area (TPSA) is 66.8 Å². The third-order valence-electron chi connectivity index (χ3n) is 1.33. The van der Waals surface area contributed by atoms with Gasteiger partial charge in [0.1, 0.15) is 6.54 Å². The number of hydrogen-bond acceptors (Lipinski definition) is 3. The Balaban J connectivity index is 2.47. The molecule has 5 heteroatoms. The highest BCUT2D eigenvalue weighted by atomic mass is 16.7. The fraction of sp³-hybridized carbons (Fsp3) is 0.667. The van der Waals surface area contributed by atoms with E-state index < -0.39 is 5.97 Å². The molecule has 0 spiro atoms. The second-order valence-corrected chi connectivity index (χ2v) is 2.44. The Kier molecular flexibility index (Phi) is 2.09. The zero-order valence-electron chi connectivity index (χ0n) is 6.11. The third-order valence-corrected chi connectivity index (χ3v) is 1.33. The number of carboxylic acids is 1. The van der Waals surface area contributed by atoms with Crippen LogP contribution in [-0.4, -0.2) is 34.7 Å². The van der Waals surface area contributed by atoms with Crippen molar-refractivity contribution in [1.82, 2.24) is 5.06 Å². The number of aliphatic carboxylic acids is 1. The molecule has 1 atom stereocenters. The Morgan fingerprint density at radius 3 is 2.91 bits per heavy atom. The van der Waals surface area contributed by atoms with Gasteiger partial charge in [-0.25, -0.2) is 5.06 Å². The van der Waals surface area contributed by atoms with Gasteiger partial charge in [0.2, 0.25) is 5.91 Å². The first-order valence-electron chi connectivity index (χ1n) is 3.28. The number of amides is 1. The molecular formula is C6H9NO4. The molecule has 1 aliphatic heterocycles. The maximum atomic E-state index is 10.9. The van der Waals surface area contributed by atoms with Gasteiger partial charge in [-0.2, -0.15) is 0 Å². The van der Waals surface area contributed by atoms with Crippen LogP contribution < -0.4 is 0 Å². The van der Waals surface area contributed by atoms with Gasteiger partial charge in [0.05, 0.1) is 12.5 Å². The molecule has 1 amide bonds. The van der Waals surface area contributed by atoms with Crippen LogP contribution in [0.1, 0.15) is 13.3 Å². The number of carboxylic acid groups (broad SMARTS) is 1. The van der Waals surface area contributed by atoms with Gasteiger partial charge < -0.3 is 5.11 Å². The maximum Gasteiger partial charge on any atom is 0.325 e. The van der Waals surface area contributed by atoms with Gasteiger partial charge in [-0.15, -0.1) is 0 Å². The van der Waals surface area contributed by atoms with Crippen LogP contribution in [0.5, 0.6) is 0 Å². The number of rotatable bonds is 2. The van der Waals surface area contributed by atoms with Gasteiger partial charge in [0.15, 0.2) is 0 Å². The molecule has 1 saturated heterocycles. The van der Waals surface area contributed by atoms with Crippen molar-refractivity contribution in [3.05, 3.63) is 0 Å². The first-order valence-corrected chi connectivity index (χ1v) is 3.28. The van der Waals surface area contributed by atoms with Crippen molar-refractivity contribution >= 4 is 11.9 Å². The summed E-state index contributed by atoms with van der Waals surface area (Å²) in [5.41, 5.74) is 0. The van der Waals surface area contributed by atoms with Crippen molar-refractivity contribution in [2.75, 3.05) is 6.54 Å². The highest BCUT2D eigenvalue weighted by molar-refractivity contribution is 5.81. The Morgan fingerprint density at radius 1 is 1.91 bits per heavy atom. The van der Waals surface area contributed by atoms with E-state index in [9.17, 15) is 9.59 Å². The zero-order valence-corrected chi connectivity index (χ0v) is 6.11. The Labute approximate surface area is 63.5 Å². The van der Waals surface area contributed by atoms with Crippen molar-refractivity contribution in [2.45, 2.75) is 19.4 Å². The standard InChI is InChI=1S/C6H9NO4/c1-4-2-5(8)7(11-4)3-6(9)10/h4H,2-3H2,1H3,(H,9,10). The van der Waals surface area contributed by atoms with Crippen LogP contribution in [0.4, 0.5) is 0 Å². The van der Waals surface area contributed by atoms with Crippen LogP contribution in [0.15, 0.2) is 0 Å². The molecule has 5 nitrogen and oxygen atoms in total. The summed E-state index contributed by atoms with van der Waals surface area (Å²) in [5.74, 6) is -1.33. The summed E-state index contributed by atoms with van der Waals surface area (Å²) in [6.45, 7) is 1.35. The average Bonchev–Trinajstić information content (AvgIpc) is 2.09. The largest absolute Gasteiger partial charge is 0.480 e. The van der Waals surface area contributed by atoms with E-state index in [-0.39, 0.29) is 25.0 Å². The SMILES string of the molecule is CC1CC(=O)N(CC(=O)O)O1. The lowest BCUT2D eigenvalue weighted by Gasteiger charge is -2.11. The minimum Gasteiger partial charge on any atom is -0.480 e. The van der Waals surface area contributed by atoms with Gasteiger partial charge in [-0.1, -0.05) is 0 Å². The van der Waals surface area contributed by atoms with Crippen LogP contribution in [0.25, 0.3) is 0 Å². The van der Waals surface area contributed by atoms with E-state index in [0.717, 1.165) is 5.06 Å². The van der Waals surface area contributed by atoms with Gasteiger partial charge in [-0.3, -0.25) is 14.4 Å². The van der Waals surface area contributed by atoms with Crippen molar-refractivity contribution < 1.29 is 19.5 Å². The average molecular weight is 159 g/mol. The molecule has 0 saturated carbocycles. The Hall–Kier alpha value is -1.10. The van der Waals surface area contributed by atoms with Gasteiger partial charge in [-0.05, 0) is 6.92 Å². The highest BCUT2D eigenvalue weighted by Gasteiger charge is 2.29. The van der Waals surface area contributed by atoms with Crippen LogP contribution in [0.2, 0.25) is 0 Å². The molecule has 0 aliphatic carbocycles. The second kappa shape index (κ2) is 2.87. The fourth-order valence-electron chi connectivity index (χ4n) is 0.909. The lowest BCUT2D eigenvalue weighted by molar-refractivity contribution is -0.179. The zero-order chi connectivity index (χ0) is 8.43. The molecule has 0 aromatic rings. The van der Waals surface area contributed by atoms with E-state index in [1.165, 1.54) is 0 Å². The van der Waals surface area contributed by atoms with E-state index in [2.05, 4.69) is 0 Å². The van der Waals surface area contributed by atoms with E-state index in [1.807, 2.05) is 0 Å². The number of nitrogens with zero attached hydrogens (tertiary/aromatic N) is 1. The predicted molar refractivity (Wildman–Crippen MR) is 34.5 cm³/mol. The van der Waals surface area contributed by atoms with Crippen LogP contribution in [-0.2, 0) is 14.4 Å². The smallest absolute Gasteiger partial charge is 0.325 e. The van der Waals surface area contributed by atoms with E-state index >= 15 is 0 Å². The summed E-state index contributed by atoms with van der Waals surface area (Å²) < 4.78 is 0. The summed E-state index contributed by atoms with van der Waals surface area (Å²) in [5, 5.41) is 9.19. The minimum atomic E-state index is -1.06. The van der Waals surface area contributed by atoms with Crippen molar-refractivity contribution in [1.29, 1.82) is 0 Å². The maximum absolute atomic E-state index is 10.9. The first-order chi connectivity index (χ1) is 5.09. The third kappa shape index (κ3) is 1.91. The molecule has 1 unspecified atom stereocenters. The summed E-state index contributed by atoms with van der Waals surface area (Å²) in [6.07, 6.45) is 0.0784. The minimum absolute atomic E-state index is 0.193. The number of carbonyl (C=O) groups is 2. The van der Waals surface area contributed by atoms with E-state index in [4.69, 9.17) is 9.94 Å². The second-order valence-electron chi connectivity index (χ2n) is 2.44. The molecule has 62 valence electrons. The van der Waals surface area contributed by atoms with Crippen LogP contribution in [0.3, 0.4) is 0 Å². The van der Waals surface area contributed by atoms with Crippen molar-refractivity contribution in [3.63, 3.8) is 0 Å². The molecule has 1 fully saturated rings. The lowest BCUT2D eigenvalue weighted by atomic mass is 10.3. The number of hydrogen-bond donors (Lipinski definition) is 1.